The van der Waals surface area contributed by atoms with Crippen molar-refractivity contribution in [2.75, 3.05) is 18.1 Å². The minimum atomic E-state index is -0.0379. The quantitative estimate of drug-likeness (QED) is 0.239. The summed E-state index contributed by atoms with van der Waals surface area (Å²) in [6.45, 7) is 4.83. The highest BCUT2D eigenvalue weighted by Gasteiger charge is 2.17. The van der Waals surface area contributed by atoms with Crippen molar-refractivity contribution < 1.29 is 4.79 Å². The molecule has 0 aliphatic carbocycles. The number of rotatable bonds is 8. The van der Waals surface area contributed by atoms with Gasteiger partial charge in [0.1, 0.15) is 0 Å². The van der Waals surface area contributed by atoms with Crippen LogP contribution in [0.2, 0.25) is 0 Å². The molecule has 0 unspecified atom stereocenters. The fourth-order valence-electron chi connectivity index (χ4n) is 3.38. The first-order valence-electron chi connectivity index (χ1n) is 10.6. The Bertz CT molecular complexity index is 1240. The second kappa shape index (κ2) is 9.82. The molecule has 0 aliphatic heterocycles. The van der Waals surface area contributed by atoms with Crippen LogP contribution < -0.4 is 11.2 Å². The van der Waals surface area contributed by atoms with Gasteiger partial charge >= 0.3 is 0 Å². The van der Waals surface area contributed by atoms with Crippen LogP contribution in [-0.2, 0) is 4.79 Å². The van der Waals surface area contributed by atoms with Crippen LogP contribution in [0.4, 0.5) is 0 Å². The van der Waals surface area contributed by atoms with Crippen molar-refractivity contribution >= 4 is 28.6 Å². The lowest BCUT2D eigenvalue weighted by Crippen LogP contribution is -2.26. The maximum Gasteiger partial charge on any atom is 0.230 e. The van der Waals surface area contributed by atoms with Gasteiger partial charge in [0.25, 0.3) is 0 Å². The van der Waals surface area contributed by atoms with E-state index in [-0.39, 0.29) is 11.7 Å². The molecule has 0 atom stereocenters. The van der Waals surface area contributed by atoms with Gasteiger partial charge in [-0.05, 0) is 25.5 Å². The average molecular weight is 447 g/mol. The van der Waals surface area contributed by atoms with Crippen molar-refractivity contribution in [1.29, 1.82) is 0 Å². The van der Waals surface area contributed by atoms with Crippen molar-refractivity contribution in [3.63, 3.8) is 0 Å². The molecule has 8 heteroatoms. The zero-order valence-electron chi connectivity index (χ0n) is 18.2. The first-order valence-corrected chi connectivity index (χ1v) is 11.6. The standard InChI is InChI=1S/C24H26N6OS/c1-3-4-13-26-22(31)15-32-24-29-28-23(30(24)25)19-14-21(17-11-9-16(2)10-12-17)27-20-8-6-5-7-18(19)20/h5-12,14H,3-4,13,15,25H2,1-2H3,(H,26,31). The molecule has 32 heavy (non-hydrogen) atoms. The molecule has 0 bridgehead atoms. The Morgan fingerprint density at radius 2 is 1.91 bits per heavy atom. The molecule has 2 aromatic heterocycles. The Morgan fingerprint density at radius 1 is 1.12 bits per heavy atom. The normalized spacial score (nSPS) is 11.1. The fourth-order valence-corrected chi connectivity index (χ4v) is 4.06. The molecule has 4 aromatic rings. The predicted octanol–water partition coefficient (Wildman–Crippen LogP) is 4.19. The van der Waals surface area contributed by atoms with Crippen LogP contribution in [0.15, 0.2) is 59.8 Å². The predicted molar refractivity (Wildman–Crippen MR) is 130 cm³/mol. The first kappa shape index (κ1) is 21.8. The van der Waals surface area contributed by atoms with Crippen molar-refractivity contribution in [3.8, 4) is 22.6 Å². The Labute approximate surface area is 191 Å². The second-order valence-electron chi connectivity index (χ2n) is 7.61. The second-order valence-corrected chi connectivity index (χ2v) is 8.55. The smallest absolute Gasteiger partial charge is 0.230 e. The SMILES string of the molecule is CCCCNC(=O)CSc1nnc(-c2cc(-c3ccc(C)cc3)nc3ccccc23)n1N. The van der Waals surface area contributed by atoms with Crippen LogP contribution in [0.3, 0.4) is 0 Å². The summed E-state index contributed by atoms with van der Waals surface area (Å²) >= 11 is 1.27. The van der Waals surface area contributed by atoms with E-state index in [1.54, 1.807) is 0 Å². The number of thioether (sulfide) groups is 1. The number of para-hydroxylation sites is 1. The molecule has 4 rings (SSSR count). The Hall–Kier alpha value is -3.39. The lowest BCUT2D eigenvalue weighted by atomic mass is 10.0. The number of nitrogens with two attached hydrogens (primary N) is 1. The van der Waals surface area contributed by atoms with Crippen LogP contribution >= 0.6 is 11.8 Å². The first-order chi connectivity index (χ1) is 15.6. The molecule has 0 radical (unpaired) electrons. The van der Waals surface area contributed by atoms with E-state index in [0.29, 0.717) is 17.5 Å². The monoisotopic (exact) mass is 446 g/mol. The largest absolute Gasteiger partial charge is 0.355 e. The lowest BCUT2D eigenvalue weighted by molar-refractivity contribution is -0.118. The van der Waals surface area contributed by atoms with Gasteiger partial charge in [-0.2, -0.15) is 0 Å². The van der Waals surface area contributed by atoms with E-state index in [1.807, 2.05) is 30.3 Å². The van der Waals surface area contributed by atoms with Crippen molar-refractivity contribution in [3.05, 3.63) is 60.2 Å². The van der Waals surface area contributed by atoms with Crippen molar-refractivity contribution in [1.82, 2.24) is 25.2 Å². The van der Waals surface area contributed by atoms with Gasteiger partial charge in [0.15, 0.2) is 5.82 Å². The van der Waals surface area contributed by atoms with E-state index in [9.17, 15) is 4.79 Å². The number of unbranched alkanes of at least 4 members (excludes halogenated alkanes) is 1. The average Bonchev–Trinajstić information content (AvgIpc) is 3.17. The van der Waals surface area contributed by atoms with Gasteiger partial charge < -0.3 is 11.2 Å². The van der Waals surface area contributed by atoms with Crippen LogP contribution in [-0.4, -0.2) is 38.1 Å². The third-order valence-electron chi connectivity index (χ3n) is 5.15. The van der Waals surface area contributed by atoms with Gasteiger partial charge in [0, 0.05) is 23.1 Å². The molecular weight excluding hydrogens is 420 g/mol. The number of nitrogen functional groups attached to an aromatic ring is 1. The molecule has 0 aliphatic rings. The van der Waals surface area contributed by atoms with Gasteiger partial charge in [-0.15, -0.1) is 10.2 Å². The van der Waals surface area contributed by atoms with Crippen LogP contribution in [0.1, 0.15) is 25.3 Å². The summed E-state index contributed by atoms with van der Waals surface area (Å²) in [6.07, 6.45) is 2.00. The van der Waals surface area contributed by atoms with Gasteiger partial charge in [-0.1, -0.05) is 73.1 Å². The number of aryl methyl sites for hydroxylation is 1. The van der Waals surface area contributed by atoms with Crippen LogP contribution in [0.25, 0.3) is 33.5 Å². The van der Waals surface area contributed by atoms with Crippen molar-refractivity contribution in [2.24, 2.45) is 0 Å². The van der Waals surface area contributed by atoms with Gasteiger partial charge in [0.05, 0.1) is 17.0 Å². The van der Waals surface area contributed by atoms with E-state index in [2.05, 4.69) is 53.6 Å². The number of amides is 1. The van der Waals surface area contributed by atoms with Crippen molar-refractivity contribution in [2.45, 2.75) is 31.8 Å². The zero-order valence-corrected chi connectivity index (χ0v) is 19.0. The molecule has 0 saturated heterocycles. The summed E-state index contributed by atoms with van der Waals surface area (Å²) in [5.41, 5.74) is 4.75. The maximum absolute atomic E-state index is 12.0. The molecule has 0 saturated carbocycles. The molecule has 2 aromatic carbocycles. The lowest BCUT2D eigenvalue weighted by Gasteiger charge is -2.10. The summed E-state index contributed by atoms with van der Waals surface area (Å²) in [5, 5.41) is 12.9. The third-order valence-corrected chi connectivity index (χ3v) is 6.10. The topological polar surface area (TPSA) is 98.7 Å². The number of fused-ring (bicyclic) bond motifs is 1. The summed E-state index contributed by atoms with van der Waals surface area (Å²) in [4.78, 5) is 16.9. The summed E-state index contributed by atoms with van der Waals surface area (Å²) in [7, 11) is 0. The Kier molecular flexibility index (Phi) is 6.70. The van der Waals surface area contributed by atoms with Gasteiger partial charge in [-0.25, -0.2) is 9.66 Å². The molecule has 164 valence electrons. The minimum absolute atomic E-state index is 0.0379. The number of nitrogens with one attached hydrogen (secondary N) is 1. The van der Waals surface area contributed by atoms with Gasteiger partial charge in [0.2, 0.25) is 11.1 Å². The van der Waals surface area contributed by atoms with Crippen LogP contribution in [0, 0.1) is 6.92 Å². The summed E-state index contributed by atoms with van der Waals surface area (Å²) in [5.74, 6) is 7.10. The number of hydrogen-bond acceptors (Lipinski definition) is 6. The highest BCUT2D eigenvalue weighted by Crippen LogP contribution is 2.32. The molecule has 3 N–H and O–H groups in total. The molecule has 0 spiro atoms. The van der Waals surface area contributed by atoms with Gasteiger partial charge in [-0.3, -0.25) is 4.79 Å². The fraction of sp³-hybridized carbons (Fsp3) is 0.250. The number of benzene rings is 2. The van der Waals surface area contributed by atoms with E-state index >= 15 is 0 Å². The Balaban J connectivity index is 1.66. The van der Waals surface area contributed by atoms with E-state index in [1.165, 1.54) is 22.0 Å². The summed E-state index contributed by atoms with van der Waals surface area (Å²) in [6, 6.07) is 18.1. The highest BCUT2D eigenvalue weighted by atomic mass is 32.2. The molecular formula is C24H26N6OS. The van der Waals surface area contributed by atoms with E-state index < -0.39 is 0 Å². The molecule has 2 heterocycles. The number of pyridine rings is 1. The van der Waals surface area contributed by atoms with E-state index in [0.717, 1.165) is 40.6 Å². The summed E-state index contributed by atoms with van der Waals surface area (Å²) < 4.78 is 1.45. The molecule has 0 fully saturated rings. The molecule has 1 amide bonds. The zero-order chi connectivity index (χ0) is 22.5. The van der Waals surface area contributed by atoms with E-state index in [4.69, 9.17) is 10.8 Å². The number of aromatic nitrogens is 4. The number of nitrogens with zero attached hydrogens (tertiary/aromatic N) is 4. The van der Waals surface area contributed by atoms with Crippen LogP contribution in [0.5, 0.6) is 0 Å². The number of carbonyl (C=O) groups is 1. The Morgan fingerprint density at radius 3 is 2.69 bits per heavy atom. The number of carbonyl (C=O) groups excluding carboxylic acids is 1. The molecule has 7 nitrogen and oxygen atoms in total. The minimum Gasteiger partial charge on any atom is -0.355 e. The maximum atomic E-state index is 12.0. The highest BCUT2D eigenvalue weighted by molar-refractivity contribution is 7.99. The third kappa shape index (κ3) is 4.75. The number of hydrogen-bond donors (Lipinski definition) is 2.